The van der Waals surface area contributed by atoms with Gasteiger partial charge in [0.15, 0.2) is 0 Å². The fourth-order valence-electron chi connectivity index (χ4n) is 1.68. The molecule has 4 nitrogen and oxygen atoms in total. The highest BCUT2D eigenvalue weighted by Gasteiger charge is 2.36. The first-order valence-corrected chi connectivity index (χ1v) is 7.09. The predicted molar refractivity (Wildman–Crippen MR) is 82.0 cm³/mol. The van der Waals surface area contributed by atoms with E-state index in [4.69, 9.17) is 11.6 Å². The van der Waals surface area contributed by atoms with Gasteiger partial charge in [-0.1, -0.05) is 31.5 Å². The number of carbonyl (C=O) groups is 2. The normalized spacial score (nSPS) is 13.2. The number of hydrogen-bond acceptors (Lipinski definition) is 3. The number of hydrogen-bond donors (Lipinski definition) is 2. The molecule has 1 rings (SSSR count). The summed E-state index contributed by atoms with van der Waals surface area (Å²) in [5.74, 6) is -2.67. The Kier molecular flexibility index (Phi) is 6.62. The van der Waals surface area contributed by atoms with Crippen LogP contribution in [0.3, 0.4) is 0 Å². The molecule has 0 aliphatic carbocycles. The Bertz CT molecular complexity index is 601. The molecule has 0 bridgehead atoms. The van der Waals surface area contributed by atoms with Crippen molar-refractivity contribution in [2.24, 2.45) is 5.92 Å². The van der Waals surface area contributed by atoms with Gasteiger partial charge in [-0.25, -0.2) is 0 Å². The van der Waals surface area contributed by atoms with E-state index in [0.717, 1.165) is 6.20 Å². The van der Waals surface area contributed by atoms with Crippen LogP contribution in [0.1, 0.15) is 13.8 Å². The van der Waals surface area contributed by atoms with E-state index < -0.39 is 23.9 Å². The van der Waals surface area contributed by atoms with Crippen LogP contribution in [0.5, 0.6) is 0 Å². The van der Waals surface area contributed by atoms with Crippen LogP contribution < -0.4 is 10.6 Å². The Balaban J connectivity index is 2.73. The smallest absolute Gasteiger partial charge is 0.379 e. The minimum atomic E-state index is -4.94. The molecule has 2 N–H and O–H groups in total. The molecule has 1 amide bonds. The highest BCUT2D eigenvalue weighted by molar-refractivity contribution is 6.30. The minimum Gasteiger partial charge on any atom is -0.379 e. The molecule has 0 heterocycles. The molecule has 8 heteroatoms. The molecule has 126 valence electrons. The van der Waals surface area contributed by atoms with Crippen LogP contribution in [0.2, 0.25) is 5.02 Å². The summed E-state index contributed by atoms with van der Waals surface area (Å²) in [6.45, 7) is 3.43. The monoisotopic (exact) mass is 348 g/mol. The molecule has 1 atom stereocenters. The Hall–Kier alpha value is -2.02. The van der Waals surface area contributed by atoms with Crippen LogP contribution in [0, 0.1) is 5.92 Å². The number of carbonyl (C=O) groups excluding carboxylic acids is 2. The predicted octanol–water partition coefficient (Wildman–Crippen LogP) is 3.54. The zero-order valence-corrected chi connectivity index (χ0v) is 13.2. The van der Waals surface area contributed by atoms with Gasteiger partial charge in [0.05, 0.1) is 0 Å². The van der Waals surface area contributed by atoms with E-state index in [1.807, 2.05) is 0 Å². The molecule has 0 aromatic heterocycles. The molecule has 0 fully saturated rings. The first-order valence-electron chi connectivity index (χ1n) is 6.71. The molecule has 0 saturated heterocycles. The number of rotatable bonds is 6. The molecule has 0 radical (unpaired) electrons. The summed E-state index contributed by atoms with van der Waals surface area (Å²) < 4.78 is 36.3. The van der Waals surface area contributed by atoms with Crippen molar-refractivity contribution in [1.29, 1.82) is 0 Å². The second kappa shape index (κ2) is 8.01. The fourth-order valence-corrected chi connectivity index (χ4v) is 1.87. The van der Waals surface area contributed by atoms with Crippen LogP contribution in [0.25, 0.3) is 0 Å². The van der Waals surface area contributed by atoms with Gasteiger partial charge in [0, 0.05) is 23.0 Å². The number of amides is 1. The standard InChI is InChI=1S/C15H16ClF3N2O2/c1-9(2)13(20-7-6-12(22)15(17,18)19)14(23)21-11-5-3-4-10(16)8-11/h3-9,13,20H,1-2H3,(H,21,23)/b7-6+. The van der Waals surface area contributed by atoms with E-state index >= 15 is 0 Å². The maximum absolute atomic E-state index is 12.2. The lowest BCUT2D eigenvalue weighted by molar-refractivity contribution is -0.165. The highest BCUT2D eigenvalue weighted by atomic mass is 35.5. The zero-order chi connectivity index (χ0) is 17.6. The van der Waals surface area contributed by atoms with Crippen LogP contribution in [0.15, 0.2) is 36.5 Å². The second-order valence-electron chi connectivity index (χ2n) is 5.08. The third-order valence-corrected chi connectivity index (χ3v) is 3.07. The Morgan fingerprint density at radius 2 is 1.91 bits per heavy atom. The molecule has 23 heavy (non-hydrogen) atoms. The van der Waals surface area contributed by atoms with E-state index in [0.29, 0.717) is 16.8 Å². The third-order valence-electron chi connectivity index (χ3n) is 2.83. The Morgan fingerprint density at radius 3 is 2.43 bits per heavy atom. The van der Waals surface area contributed by atoms with E-state index in [1.165, 1.54) is 0 Å². The van der Waals surface area contributed by atoms with Gasteiger partial charge in [-0.05, 0) is 24.1 Å². The Labute approximate surface area is 136 Å². The van der Waals surface area contributed by atoms with E-state index in [1.54, 1.807) is 38.1 Å². The number of benzene rings is 1. The van der Waals surface area contributed by atoms with E-state index in [2.05, 4.69) is 10.6 Å². The van der Waals surface area contributed by atoms with Gasteiger partial charge in [0.1, 0.15) is 6.04 Å². The van der Waals surface area contributed by atoms with Gasteiger partial charge in [0.25, 0.3) is 5.78 Å². The van der Waals surface area contributed by atoms with Crippen LogP contribution in [0.4, 0.5) is 18.9 Å². The van der Waals surface area contributed by atoms with Crippen molar-refractivity contribution in [3.05, 3.63) is 41.6 Å². The van der Waals surface area contributed by atoms with Gasteiger partial charge >= 0.3 is 6.18 Å². The van der Waals surface area contributed by atoms with Gasteiger partial charge in [-0.15, -0.1) is 0 Å². The largest absolute Gasteiger partial charge is 0.454 e. The lowest BCUT2D eigenvalue weighted by Crippen LogP contribution is -2.42. The molecule has 0 saturated carbocycles. The number of anilines is 1. The minimum absolute atomic E-state index is 0.222. The molecular weight excluding hydrogens is 333 g/mol. The van der Waals surface area contributed by atoms with E-state index in [9.17, 15) is 22.8 Å². The topological polar surface area (TPSA) is 58.2 Å². The second-order valence-corrected chi connectivity index (χ2v) is 5.52. The van der Waals surface area contributed by atoms with Gasteiger partial charge in [0.2, 0.25) is 5.91 Å². The summed E-state index contributed by atoms with van der Waals surface area (Å²) in [6.07, 6.45) is -3.76. The third kappa shape index (κ3) is 6.32. The number of allylic oxidation sites excluding steroid dienone is 1. The maximum Gasteiger partial charge on any atom is 0.454 e. The van der Waals surface area contributed by atoms with Crippen molar-refractivity contribution in [1.82, 2.24) is 5.32 Å². The summed E-state index contributed by atoms with van der Waals surface area (Å²) in [5, 5.41) is 5.55. The van der Waals surface area contributed by atoms with Crippen molar-refractivity contribution < 1.29 is 22.8 Å². The molecule has 0 aliphatic rings. The van der Waals surface area contributed by atoms with Gasteiger partial charge < -0.3 is 10.6 Å². The number of halogens is 4. The van der Waals surface area contributed by atoms with Crippen LogP contribution in [-0.4, -0.2) is 23.9 Å². The van der Waals surface area contributed by atoms with E-state index in [-0.39, 0.29) is 5.92 Å². The average molecular weight is 349 g/mol. The summed E-state index contributed by atoms with van der Waals surface area (Å²) in [7, 11) is 0. The van der Waals surface area contributed by atoms with Crippen molar-refractivity contribution in [3.8, 4) is 0 Å². The van der Waals surface area contributed by atoms with Gasteiger partial charge in [-0.3, -0.25) is 9.59 Å². The molecular formula is C15H16ClF3N2O2. The number of ketones is 1. The first kappa shape index (κ1) is 19.0. The van der Waals surface area contributed by atoms with Crippen molar-refractivity contribution >= 4 is 29.0 Å². The lowest BCUT2D eigenvalue weighted by Gasteiger charge is -2.20. The van der Waals surface area contributed by atoms with Crippen molar-refractivity contribution in [2.45, 2.75) is 26.1 Å². The van der Waals surface area contributed by atoms with Crippen LogP contribution >= 0.6 is 11.6 Å². The number of nitrogens with one attached hydrogen (secondary N) is 2. The van der Waals surface area contributed by atoms with Crippen molar-refractivity contribution in [3.63, 3.8) is 0 Å². The summed E-state index contributed by atoms with van der Waals surface area (Å²) >= 11 is 5.81. The summed E-state index contributed by atoms with van der Waals surface area (Å²) in [4.78, 5) is 22.9. The molecule has 1 aromatic carbocycles. The average Bonchev–Trinajstić information content (AvgIpc) is 2.41. The fraction of sp³-hybridized carbons (Fsp3) is 0.333. The van der Waals surface area contributed by atoms with Crippen molar-refractivity contribution in [2.75, 3.05) is 5.32 Å². The SMILES string of the molecule is CC(C)C(N/C=C/C(=O)C(F)(F)F)C(=O)Nc1cccc(Cl)c1. The first-order chi connectivity index (χ1) is 10.6. The maximum atomic E-state index is 12.2. The molecule has 1 aromatic rings. The summed E-state index contributed by atoms with van der Waals surface area (Å²) in [5.41, 5.74) is 0.463. The highest BCUT2D eigenvalue weighted by Crippen LogP contribution is 2.17. The molecule has 0 aliphatic heterocycles. The summed E-state index contributed by atoms with van der Waals surface area (Å²) in [6, 6.07) is 5.65. The zero-order valence-electron chi connectivity index (χ0n) is 12.4. The number of alkyl halides is 3. The van der Waals surface area contributed by atoms with Crippen LogP contribution in [-0.2, 0) is 9.59 Å². The Morgan fingerprint density at radius 1 is 1.26 bits per heavy atom. The molecule has 1 unspecified atom stereocenters. The molecule has 0 spiro atoms. The quantitative estimate of drug-likeness (QED) is 0.773. The lowest BCUT2D eigenvalue weighted by atomic mass is 10.0. The van der Waals surface area contributed by atoms with Gasteiger partial charge in [-0.2, -0.15) is 13.2 Å².